The number of benzene rings is 2. The Hall–Kier alpha value is -2.49. The molecule has 4 atom stereocenters. The fourth-order valence-corrected chi connectivity index (χ4v) is 7.11. The highest BCUT2D eigenvalue weighted by molar-refractivity contribution is 5.78. The Labute approximate surface area is 237 Å². The van der Waals surface area contributed by atoms with E-state index in [0.29, 0.717) is 30.0 Å². The molecule has 1 saturated carbocycles. The number of methoxy groups -OCH3 is 1. The van der Waals surface area contributed by atoms with Crippen LogP contribution in [-0.4, -0.2) is 29.6 Å². The van der Waals surface area contributed by atoms with Gasteiger partial charge in [0.05, 0.1) is 7.11 Å². The molecule has 1 aliphatic carbocycles. The van der Waals surface area contributed by atoms with Crippen molar-refractivity contribution in [2.75, 3.05) is 13.7 Å². The van der Waals surface area contributed by atoms with Crippen LogP contribution in [0.2, 0.25) is 0 Å². The number of phenolic OH excluding ortho intramolecular Hbond substituents is 1. The largest absolute Gasteiger partial charge is 0.508 e. The molecule has 1 saturated heterocycles. The van der Waals surface area contributed by atoms with E-state index in [9.17, 15) is 9.90 Å². The molecule has 2 aromatic rings. The Bertz CT molecular complexity index is 1030. The fourth-order valence-electron chi connectivity index (χ4n) is 7.11. The summed E-state index contributed by atoms with van der Waals surface area (Å²) in [5.74, 6) is 3.44. The number of ether oxygens (including phenoxy) is 1. The van der Waals surface area contributed by atoms with Crippen molar-refractivity contribution >= 4 is 5.91 Å². The predicted molar refractivity (Wildman–Crippen MR) is 160 cm³/mol. The second-order valence-corrected chi connectivity index (χ2v) is 12.7. The summed E-state index contributed by atoms with van der Waals surface area (Å²) in [6.07, 6.45) is 13.0. The molecule has 2 aromatic carbocycles. The van der Waals surface area contributed by atoms with Crippen molar-refractivity contribution < 1.29 is 14.6 Å². The number of aromatic hydroxyl groups is 1. The van der Waals surface area contributed by atoms with Crippen LogP contribution in [0, 0.1) is 23.7 Å². The molecule has 1 heterocycles. The van der Waals surface area contributed by atoms with Crippen molar-refractivity contribution in [3.63, 3.8) is 0 Å². The van der Waals surface area contributed by atoms with Crippen molar-refractivity contribution in [2.45, 2.75) is 103 Å². The Balaban J connectivity index is 1.64. The quantitative estimate of drug-likeness (QED) is 0.351. The van der Waals surface area contributed by atoms with Crippen molar-refractivity contribution in [3.05, 3.63) is 59.7 Å². The maximum absolute atomic E-state index is 14.1. The maximum Gasteiger partial charge on any atom is 0.225 e. The third-order valence-electron chi connectivity index (χ3n) is 10.0. The van der Waals surface area contributed by atoms with Crippen LogP contribution in [0.4, 0.5) is 0 Å². The SMILES string of the molecule is CCC(C)CC1(c2ccc(O)cc2)CCCC(CC2CCC2)C(C)C(=O)N(Cc2ccc(OC)cc2)CCC1. The summed E-state index contributed by atoms with van der Waals surface area (Å²) in [6, 6.07) is 16.2. The first kappa shape index (κ1) is 29.5. The van der Waals surface area contributed by atoms with Crippen LogP contribution >= 0.6 is 0 Å². The van der Waals surface area contributed by atoms with E-state index in [1.807, 2.05) is 24.3 Å². The first-order chi connectivity index (χ1) is 18.8. The lowest BCUT2D eigenvalue weighted by Crippen LogP contribution is -2.39. The fraction of sp³-hybridized carbons (Fsp3) is 0.629. The summed E-state index contributed by atoms with van der Waals surface area (Å²) in [5.41, 5.74) is 2.59. The van der Waals surface area contributed by atoms with Crippen LogP contribution in [0.3, 0.4) is 0 Å². The standard InChI is InChI=1S/C35H51NO3/c1-5-26(2)24-35(31-14-16-32(37)17-15-31)20-7-11-30(23-28-9-6-10-28)27(3)34(38)36(22-8-21-35)25-29-12-18-33(39-4)19-13-29/h12-19,26-28,30,37H,5-11,20-25H2,1-4H3. The maximum atomic E-state index is 14.1. The van der Waals surface area contributed by atoms with Gasteiger partial charge in [0.1, 0.15) is 11.5 Å². The summed E-state index contributed by atoms with van der Waals surface area (Å²) in [6.45, 7) is 8.32. The lowest BCUT2D eigenvalue weighted by atomic mass is 9.67. The van der Waals surface area contributed by atoms with Crippen molar-refractivity contribution in [2.24, 2.45) is 23.7 Å². The molecule has 0 spiro atoms. The Morgan fingerprint density at radius 3 is 2.31 bits per heavy atom. The number of amides is 1. The van der Waals surface area contributed by atoms with E-state index < -0.39 is 0 Å². The average molecular weight is 534 g/mol. The molecule has 1 N–H and O–H groups in total. The summed E-state index contributed by atoms with van der Waals surface area (Å²) in [7, 11) is 1.69. The average Bonchev–Trinajstić information content (AvgIpc) is 2.94. The minimum absolute atomic E-state index is 0.0552. The third-order valence-corrected chi connectivity index (χ3v) is 10.0. The lowest BCUT2D eigenvalue weighted by Gasteiger charge is -2.38. The Kier molecular flexibility index (Phi) is 10.4. The third kappa shape index (κ3) is 7.58. The molecular weight excluding hydrogens is 482 g/mol. The van der Waals surface area contributed by atoms with Gasteiger partial charge in [-0.3, -0.25) is 4.79 Å². The first-order valence-corrected chi connectivity index (χ1v) is 15.5. The van der Waals surface area contributed by atoms with E-state index in [1.54, 1.807) is 7.11 Å². The molecular formula is C35H51NO3. The van der Waals surface area contributed by atoms with Crippen molar-refractivity contribution in [3.8, 4) is 11.5 Å². The van der Waals surface area contributed by atoms with Crippen molar-refractivity contribution in [1.29, 1.82) is 0 Å². The zero-order chi connectivity index (χ0) is 27.8. The highest BCUT2D eigenvalue weighted by Crippen LogP contribution is 2.44. The van der Waals surface area contributed by atoms with E-state index in [-0.39, 0.29) is 11.3 Å². The van der Waals surface area contributed by atoms with E-state index in [2.05, 4.69) is 49.9 Å². The molecule has 0 aromatic heterocycles. The van der Waals surface area contributed by atoms with E-state index in [4.69, 9.17) is 4.74 Å². The normalized spacial score (nSPS) is 25.9. The number of carbonyl (C=O) groups is 1. The molecule has 2 fully saturated rings. The molecule has 1 amide bonds. The molecule has 214 valence electrons. The van der Waals surface area contributed by atoms with Gasteiger partial charge in [-0.2, -0.15) is 0 Å². The minimum atomic E-state index is 0.0552. The van der Waals surface area contributed by atoms with Crippen LogP contribution < -0.4 is 4.74 Å². The van der Waals surface area contributed by atoms with E-state index >= 15 is 0 Å². The Morgan fingerprint density at radius 1 is 1.00 bits per heavy atom. The minimum Gasteiger partial charge on any atom is -0.508 e. The smallest absolute Gasteiger partial charge is 0.225 e. The number of carbonyl (C=O) groups excluding carboxylic acids is 1. The highest BCUT2D eigenvalue weighted by atomic mass is 16.5. The molecule has 39 heavy (non-hydrogen) atoms. The summed E-state index contributed by atoms with van der Waals surface area (Å²) in [5, 5.41) is 10.0. The summed E-state index contributed by atoms with van der Waals surface area (Å²) >= 11 is 0. The lowest BCUT2D eigenvalue weighted by molar-refractivity contribution is -0.138. The van der Waals surface area contributed by atoms with Gasteiger partial charge in [0.2, 0.25) is 5.91 Å². The van der Waals surface area contributed by atoms with Crippen LogP contribution in [0.1, 0.15) is 103 Å². The van der Waals surface area contributed by atoms with E-state index in [0.717, 1.165) is 62.3 Å². The van der Waals surface area contributed by atoms with Gasteiger partial charge in [0.15, 0.2) is 0 Å². The highest BCUT2D eigenvalue weighted by Gasteiger charge is 2.37. The molecule has 2 aliphatic rings. The van der Waals surface area contributed by atoms with Crippen molar-refractivity contribution in [1.82, 2.24) is 4.90 Å². The second kappa shape index (κ2) is 13.7. The molecule has 4 unspecified atom stereocenters. The summed E-state index contributed by atoms with van der Waals surface area (Å²) in [4.78, 5) is 16.2. The predicted octanol–water partition coefficient (Wildman–Crippen LogP) is 8.51. The first-order valence-electron chi connectivity index (χ1n) is 15.5. The van der Waals surface area contributed by atoms with Crippen LogP contribution in [-0.2, 0) is 16.8 Å². The number of nitrogens with zero attached hydrogens (tertiary/aromatic N) is 1. The molecule has 0 radical (unpaired) electrons. The number of phenols is 1. The monoisotopic (exact) mass is 533 g/mol. The molecule has 4 nitrogen and oxygen atoms in total. The number of rotatable bonds is 9. The molecule has 1 aliphatic heterocycles. The zero-order valence-electron chi connectivity index (χ0n) is 24.8. The van der Waals surface area contributed by atoms with Gasteiger partial charge in [-0.1, -0.05) is 77.1 Å². The number of hydrogen-bond acceptors (Lipinski definition) is 3. The van der Waals surface area contributed by atoms with Gasteiger partial charge in [-0.15, -0.1) is 0 Å². The number of hydrogen-bond donors (Lipinski definition) is 1. The van der Waals surface area contributed by atoms with Crippen LogP contribution in [0.15, 0.2) is 48.5 Å². The van der Waals surface area contributed by atoms with Gasteiger partial charge in [0, 0.05) is 19.0 Å². The Morgan fingerprint density at radius 2 is 1.69 bits per heavy atom. The van der Waals surface area contributed by atoms with Gasteiger partial charge < -0.3 is 14.7 Å². The van der Waals surface area contributed by atoms with E-state index in [1.165, 1.54) is 37.7 Å². The zero-order valence-corrected chi connectivity index (χ0v) is 24.8. The van der Waals surface area contributed by atoms with Gasteiger partial charge in [0.25, 0.3) is 0 Å². The molecule has 0 bridgehead atoms. The van der Waals surface area contributed by atoms with Gasteiger partial charge in [-0.25, -0.2) is 0 Å². The van der Waals surface area contributed by atoms with Gasteiger partial charge >= 0.3 is 0 Å². The topological polar surface area (TPSA) is 49.8 Å². The molecule has 4 heteroatoms. The van der Waals surface area contributed by atoms with Crippen LogP contribution in [0.5, 0.6) is 11.5 Å². The second-order valence-electron chi connectivity index (χ2n) is 12.7. The summed E-state index contributed by atoms with van der Waals surface area (Å²) < 4.78 is 5.36. The molecule has 4 rings (SSSR count). The van der Waals surface area contributed by atoms with Gasteiger partial charge in [-0.05, 0) is 97.1 Å². The van der Waals surface area contributed by atoms with Crippen LogP contribution in [0.25, 0.3) is 0 Å².